The Hall–Kier alpha value is -5.48. The van der Waals surface area contributed by atoms with Crippen LogP contribution in [0, 0.1) is 6.92 Å². The lowest BCUT2D eigenvalue weighted by Crippen LogP contribution is -2.61. The van der Waals surface area contributed by atoms with E-state index < -0.39 is 0 Å². The van der Waals surface area contributed by atoms with Gasteiger partial charge in [0.15, 0.2) is 0 Å². The van der Waals surface area contributed by atoms with Crippen molar-refractivity contribution >= 4 is 68.4 Å². The van der Waals surface area contributed by atoms with Crippen molar-refractivity contribution in [3.05, 3.63) is 149 Å². The topological polar surface area (TPSA) is 19.6 Å². The van der Waals surface area contributed by atoms with Crippen molar-refractivity contribution in [2.75, 3.05) is 9.80 Å². The lowest BCUT2D eigenvalue weighted by molar-refractivity contribution is 0.332. The van der Waals surface area contributed by atoms with Gasteiger partial charge in [0.05, 0.1) is 11.3 Å². The number of nitrogens with zero attached hydrogens (tertiary/aromatic N) is 2. The number of aryl methyl sites for hydroxylation is 1. The summed E-state index contributed by atoms with van der Waals surface area (Å²) in [6, 6.07) is 44.4. The second-order valence-corrected chi connectivity index (χ2v) is 23.5. The van der Waals surface area contributed by atoms with E-state index in [1.54, 1.807) is 0 Å². The van der Waals surface area contributed by atoms with Crippen LogP contribution in [0.15, 0.2) is 120 Å². The molecule has 0 spiro atoms. The minimum Gasteiger partial charge on any atom is -0.468 e. The molecule has 0 unspecified atom stereocenters. The van der Waals surface area contributed by atoms with Crippen LogP contribution >= 0.6 is 0 Å². The molecule has 4 heteroatoms. The maximum absolute atomic E-state index is 7.53. The zero-order valence-corrected chi connectivity index (χ0v) is 40.3. The molecule has 63 heavy (non-hydrogen) atoms. The maximum Gasteiger partial charge on any atom is 0.297 e. The van der Waals surface area contributed by atoms with E-state index in [4.69, 9.17) is 4.42 Å². The summed E-state index contributed by atoms with van der Waals surface area (Å²) in [5.74, 6) is 0. The fourth-order valence-corrected chi connectivity index (χ4v) is 10.7. The highest BCUT2D eigenvalue weighted by Crippen LogP contribution is 2.52. The number of rotatable bonds is 3. The van der Waals surface area contributed by atoms with Crippen LogP contribution in [0.4, 0.5) is 34.1 Å². The van der Waals surface area contributed by atoms with Crippen molar-refractivity contribution in [1.82, 2.24) is 0 Å². The third-order valence-electron chi connectivity index (χ3n) is 14.8. The van der Waals surface area contributed by atoms with E-state index >= 15 is 0 Å². The fourth-order valence-electron chi connectivity index (χ4n) is 10.7. The van der Waals surface area contributed by atoms with Crippen LogP contribution < -0.4 is 26.4 Å². The first kappa shape index (κ1) is 41.5. The summed E-state index contributed by atoms with van der Waals surface area (Å²) in [4.78, 5) is 5.14. The Labute approximate surface area is 377 Å². The van der Waals surface area contributed by atoms with Crippen LogP contribution in [0.3, 0.4) is 0 Å². The van der Waals surface area contributed by atoms with Crippen LogP contribution in [0.25, 0.3) is 22.1 Å². The summed E-state index contributed by atoms with van der Waals surface area (Å²) >= 11 is 0. The minimum atomic E-state index is -0.114. The van der Waals surface area contributed by atoms with Crippen LogP contribution in [0.2, 0.25) is 0 Å². The summed E-state index contributed by atoms with van der Waals surface area (Å²) in [6.07, 6.45) is 2.31. The largest absolute Gasteiger partial charge is 0.468 e. The fraction of sp³-hybridized carbons (Fsp3) is 0.356. The predicted octanol–water partition coefficient (Wildman–Crippen LogP) is 14.7. The second kappa shape index (κ2) is 13.8. The highest BCUT2D eigenvalue weighted by Gasteiger charge is 2.48. The minimum absolute atomic E-state index is 0.0343. The van der Waals surface area contributed by atoms with Gasteiger partial charge < -0.3 is 14.2 Å². The first-order valence-corrected chi connectivity index (χ1v) is 23.3. The van der Waals surface area contributed by atoms with Gasteiger partial charge in [-0.15, -0.1) is 0 Å². The number of hydrogen-bond donors (Lipinski definition) is 0. The van der Waals surface area contributed by atoms with Crippen LogP contribution in [0.1, 0.15) is 136 Å². The first-order valence-electron chi connectivity index (χ1n) is 23.3. The van der Waals surface area contributed by atoms with Gasteiger partial charge in [-0.2, -0.15) is 0 Å². The normalized spacial score (nSPS) is 16.4. The summed E-state index contributed by atoms with van der Waals surface area (Å²) in [6.45, 7) is 32.9. The van der Waals surface area contributed by atoms with Gasteiger partial charge in [0.25, 0.3) is 6.71 Å². The standard InChI is InChI=1S/C59H65BN2O/c1-36-28-49-52-50(29-36)62(42-23-20-38(21-24-42)37-18-16-15-17-19-37)53-44-34-45-46(59(13,14)27-26-58(45,11)12)35-51(44)63-54(53)60(52)47-33-39(55(2,3)4)22-25-48(47)61(49)43-31-40(56(5,6)7)30-41(32-43)57(8,9)10/h15-25,28-35H,26-27H2,1-14H3. The van der Waals surface area contributed by atoms with E-state index in [2.05, 4.69) is 222 Å². The molecule has 0 radical (unpaired) electrons. The quantitative estimate of drug-likeness (QED) is 0.165. The lowest BCUT2D eigenvalue weighted by atomic mass is 9.35. The highest BCUT2D eigenvalue weighted by atomic mass is 16.3. The molecule has 6 aromatic carbocycles. The Morgan fingerprint density at radius 2 is 1.08 bits per heavy atom. The summed E-state index contributed by atoms with van der Waals surface area (Å²) in [5.41, 5.74) is 22.3. The molecule has 2 aliphatic heterocycles. The van der Waals surface area contributed by atoms with Crippen LogP contribution in [-0.4, -0.2) is 6.71 Å². The molecule has 0 N–H and O–H groups in total. The van der Waals surface area contributed by atoms with Gasteiger partial charge in [0.2, 0.25) is 0 Å². The molecule has 3 heterocycles. The summed E-state index contributed by atoms with van der Waals surface area (Å²) in [7, 11) is 0. The van der Waals surface area contributed by atoms with E-state index in [9.17, 15) is 0 Å². The molecule has 0 bridgehead atoms. The SMILES string of the molecule is Cc1cc2c3c(c1)N(c1ccc(-c4ccccc4)cc1)c1c(oc4cc5c(cc14)C(C)(C)CCC5(C)C)B3c1cc(C(C)(C)C)ccc1N2c1cc(C(C)(C)C)cc(C(C)(C)C)c1. The molecule has 0 fully saturated rings. The van der Waals surface area contributed by atoms with Crippen molar-refractivity contribution in [1.29, 1.82) is 0 Å². The number of anilines is 6. The molecule has 1 aromatic heterocycles. The molecule has 10 rings (SSSR count). The van der Waals surface area contributed by atoms with Crippen molar-refractivity contribution in [2.24, 2.45) is 0 Å². The van der Waals surface area contributed by atoms with E-state index in [1.807, 2.05) is 0 Å². The average Bonchev–Trinajstić information content (AvgIpc) is 3.59. The van der Waals surface area contributed by atoms with Gasteiger partial charge >= 0.3 is 0 Å². The second-order valence-electron chi connectivity index (χ2n) is 23.5. The van der Waals surface area contributed by atoms with Gasteiger partial charge in [-0.25, -0.2) is 0 Å². The lowest BCUT2D eigenvalue weighted by Gasteiger charge is -2.43. The van der Waals surface area contributed by atoms with Gasteiger partial charge in [-0.05, 0) is 157 Å². The molecule has 7 aromatic rings. The zero-order chi connectivity index (χ0) is 44.8. The number of fused-ring (bicyclic) bond motifs is 7. The molecule has 0 atom stereocenters. The monoisotopic (exact) mass is 829 g/mol. The average molecular weight is 829 g/mol. The Kier molecular flexibility index (Phi) is 9.07. The molecule has 1 aliphatic carbocycles. The van der Waals surface area contributed by atoms with Crippen LogP contribution in [0.5, 0.6) is 0 Å². The number of furan rings is 1. The molecule has 0 amide bonds. The highest BCUT2D eigenvalue weighted by molar-refractivity contribution is 7.00. The third-order valence-corrected chi connectivity index (χ3v) is 14.8. The number of benzene rings is 6. The van der Waals surface area contributed by atoms with Crippen molar-refractivity contribution in [3.8, 4) is 11.1 Å². The molecular formula is C59H65BN2O. The van der Waals surface area contributed by atoms with Gasteiger partial charge in [0, 0.05) is 33.8 Å². The third kappa shape index (κ3) is 6.69. The molecule has 3 aliphatic rings. The summed E-state index contributed by atoms with van der Waals surface area (Å²) in [5, 5.41) is 1.19. The molecule has 0 saturated heterocycles. The summed E-state index contributed by atoms with van der Waals surface area (Å²) < 4.78 is 7.53. The maximum atomic E-state index is 7.53. The van der Waals surface area contributed by atoms with Gasteiger partial charge in [-0.3, -0.25) is 0 Å². The van der Waals surface area contributed by atoms with Crippen molar-refractivity contribution < 1.29 is 4.42 Å². The Morgan fingerprint density at radius 1 is 0.524 bits per heavy atom. The van der Waals surface area contributed by atoms with Gasteiger partial charge in [0.1, 0.15) is 5.58 Å². The Bertz CT molecular complexity index is 2930. The van der Waals surface area contributed by atoms with Crippen molar-refractivity contribution in [2.45, 2.75) is 137 Å². The first-order chi connectivity index (χ1) is 29.5. The number of hydrogen-bond acceptors (Lipinski definition) is 3. The van der Waals surface area contributed by atoms with E-state index in [0.29, 0.717) is 0 Å². The van der Waals surface area contributed by atoms with Crippen LogP contribution in [-0.2, 0) is 27.1 Å². The predicted molar refractivity (Wildman–Crippen MR) is 272 cm³/mol. The van der Waals surface area contributed by atoms with E-state index in [0.717, 1.165) is 29.8 Å². The van der Waals surface area contributed by atoms with E-state index in [-0.39, 0.29) is 33.8 Å². The van der Waals surface area contributed by atoms with Gasteiger partial charge in [-0.1, -0.05) is 151 Å². The molecule has 320 valence electrons. The molecule has 3 nitrogen and oxygen atoms in total. The zero-order valence-electron chi connectivity index (χ0n) is 40.3. The van der Waals surface area contributed by atoms with E-state index in [1.165, 1.54) is 89.3 Å². The van der Waals surface area contributed by atoms with Crippen molar-refractivity contribution in [3.63, 3.8) is 0 Å². The molecule has 0 saturated carbocycles. The smallest absolute Gasteiger partial charge is 0.297 e. The Balaban J connectivity index is 1.32. The molecular weight excluding hydrogens is 763 g/mol. The Morgan fingerprint density at radius 3 is 1.67 bits per heavy atom.